The zero-order valence-corrected chi connectivity index (χ0v) is 9.15. The maximum atomic E-state index is 5.08. The summed E-state index contributed by atoms with van der Waals surface area (Å²) in [6.07, 6.45) is 1.59. The minimum Gasteiger partial charge on any atom is -0.457 e. The lowest BCUT2D eigenvalue weighted by atomic mass is 10.3. The summed E-state index contributed by atoms with van der Waals surface area (Å²) in [7, 11) is 1.81. The van der Waals surface area contributed by atoms with Crippen LogP contribution in [-0.2, 0) is 7.05 Å². The van der Waals surface area contributed by atoms with Crippen LogP contribution in [0.25, 0.3) is 11.4 Å². The topological polar surface area (TPSA) is 46.8 Å². The van der Waals surface area contributed by atoms with Crippen LogP contribution >= 0.6 is 28.1 Å². The number of aryl methyl sites for hydroxylation is 1. The van der Waals surface area contributed by atoms with Gasteiger partial charge in [0.2, 0.25) is 4.77 Å². The lowest BCUT2D eigenvalue weighted by molar-refractivity contribution is 0.542. The molecule has 0 saturated heterocycles. The highest BCUT2D eigenvalue weighted by Gasteiger charge is 2.09. The second-order valence-electron chi connectivity index (χ2n) is 2.52. The van der Waals surface area contributed by atoms with E-state index >= 15 is 0 Å². The van der Waals surface area contributed by atoms with E-state index in [4.69, 9.17) is 16.6 Å². The number of furan rings is 1. The van der Waals surface area contributed by atoms with Gasteiger partial charge in [-0.05, 0) is 34.2 Å². The molecule has 0 aromatic carbocycles. The molecule has 2 aromatic heterocycles. The monoisotopic (exact) mass is 259 g/mol. The molecule has 2 aromatic rings. The number of nitrogens with zero attached hydrogens (tertiary/aromatic N) is 2. The maximum absolute atomic E-state index is 5.08. The fourth-order valence-corrected chi connectivity index (χ4v) is 1.55. The molecule has 2 heterocycles. The van der Waals surface area contributed by atoms with Gasteiger partial charge in [0, 0.05) is 7.05 Å². The minimum absolute atomic E-state index is 0.517. The average molecular weight is 260 g/mol. The summed E-state index contributed by atoms with van der Waals surface area (Å²) < 4.78 is 7.92. The van der Waals surface area contributed by atoms with E-state index < -0.39 is 0 Å². The number of aromatic amines is 1. The first-order valence-corrected chi connectivity index (χ1v) is 4.75. The Hall–Kier alpha value is -0.880. The van der Waals surface area contributed by atoms with Crippen LogP contribution in [0.2, 0.25) is 0 Å². The Bertz CT molecular complexity index is 484. The molecule has 0 aliphatic heterocycles. The summed E-state index contributed by atoms with van der Waals surface area (Å²) in [5, 5.41) is 3.00. The van der Waals surface area contributed by atoms with E-state index in [0.717, 1.165) is 5.56 Å². The fourth-order valence-electron chi connectivity index (χ4n) is 0.986. The van der Waals surface area contributed by atoms with E-state index in [1.165, 1.54) is 0 Å². The molecule has 0 bridgehead atoms. The van der Waals surface area contributed by atoms with Crippen LogP contribution in [0, 0.1) is 4.77 Å². The highest BCUT2D eigenvalue weighted by atomic mass is 79.9. The molecule has 0 spiro atoms. The van der Waals surface area contributed by atoms with Crippen molar-refractivity contribution in [3.05, 3.63) is 21.8 Å². The van der Waals surface area contributed by atoms with Crippen molar-refractivity contribution in [1.29, 1.82) is 0 Å². The lowest BCUT2D eigenvalue weighted by Crippen LogP contribution is -1.89. The standard InChI is InChI=1S/C7H6BrN3OS/c1-11-7(13)9-6(10-11)4-2-3-12-5(4)8/h2-3H,1H3,(H,9,10,13). The zero-order chi connectivity index (χ0) is 9.42. The van der Waals surface area contributed by atoms with Gasteiger partial charge in [-0.2, -0.15) is 4.98 Å². The van der Waals surface area contributed by atoms with Gasteiger partial charge < -0.3 is 4.42 Å². The van der Waals surface area contributed by atoms with Crippen molar-refractivity contribution in [2.75, 3.05) is 0 Å². The molecular weight excluding hydrogens is 254 g/mol. The molecule has 6 heteroatoms. The van der Waals surface area contributed by atoms with Crippen molar-refractivity contribution in [3.8, 4) is 11.4 Å². The van der Waals surface area contributed by atoms with E-state index in [1.807, 2.05) is 13.1 Å². The molecule has 0 aliphatic carbocycles. The number of hydrogen-bond donors (Lipinski definition) is 1. The predicted molar refractivity (Wildman–Crippen MR) is 53.8 cm³/mol. The van der Waals surface area contributed by atoms with E-state index in [1.54, 1.807) is 10.9 Å². The first-order valence-electron chi connectivity index (χ1n) is 3.55. The molecule has 0 amide bonds. The zero-order valence-electron chi connectivity index (χ0n) is 6.74. The molecule has 0 unspecified atom stereocenters. The quantitative estimate of drug-likeness (QED) is 0.801. The third-order valence-electron chi connectivity index (χ3n) is 1.64. The van der Waals surface area contributed by atoms with E-state index in [9.17, 15) is 0 Å². The van der Waals surface area contributed by atoms with Gasteiger partial charge in [-0.1, -0.05) is 0 Å². The molecule has 13 heavy (non-hydrogen) atoms. The molecule has 4 nitrogen and oxygen atoms in total. The lowest BCUT2D eigenvalue weighted by Gasteiger charge is -1.90. The number of aromatic nitrogens is 3. The summed E-state index contributed by atoms with van der Waals surface area (Å²) in [6.45, 7) is 0. The molecule has 0 fully saturated rings. The largest absolute Gasteiger partial charge is 0.457 e. The number of hydrogen-bond acceptors (Lipinski definition) is 3. The van der Waals surface area contributed by atoms with E-state index in [0.29, 0.717) is 15.3 Å². The molecule has 1 N–H and O–H groups in total. The normalized spacial score (nSPS) is 10.6. The molecular formula is C7H6BrN3OS. The van der Waals surface area contributed by atoms with Gasteiger partial charge in [-0.25, -0.2) is 0 Å². The second kappa shape index (κ2) is 3.12. The van der Waals surface area contributed by atoms with Crippen molar-refractivity contribution in [2.45, 2.75) is 0 Å². The Kier molecular flexibility index (Phi) is 2.09. The Morgan fingerprint density at radius 1 is 1.69 bits per heavy atom. The van der Waals surface area contributed by atoms with Crippen LogP contribution in [0.3, 0.4) is 0 Å². The molecule has 0 radical (unpaired) electrons. The highest BCUT2D eigenvalue weighted by Crippen LogP contribution is 2.25. The average Bonchev–Trinajstić information content (AvgIpc) is 2.60. The molecule has 2 rings (SSSR count). The van der Waals surface area contributed by atoms with E-state index in [-0.39, 0.29) is 0 Å². The van der Waals surface area contributed by atoms with Crippen molar-refractivity contribution in [2.24, 2.45) is 7.05 Å². The highest BCUT2D eigenvalue weighted by molar-refractivity contribution is 9.10. The van der Waals surface area contributed by atoms with Gasteiger partial charge in [-0.3, -0.25) is 9.78 Å². The summed E-state index contributed by atoms with van der Waals surface area (Å²) >= 11 is 8.23. The Morgan fingerprint density at radius 2 is 2.46 bits per heavy atom. The van der Waals surface area contributed by atoms with Gasteiger partial charge in [0.25, 0.3) is 0 Å². The summed E-state index contributed by atoms with van der Waals surface area (Å²) in [6, 6.07) is 1.82. The van der Waals surface area contributed by atoms with Gasteiger partial charge in [0.15, 0.2) is 10.5 Å². The van der Waals surface area contributed by atoms with Crippen molar-refractivity contribution >= 4 is 28.1 Å². The Labute approximate surface area is 87.7 Å². The van der Waals surface area contributed by atoms with Crippen molar-refractivity contribution in [1.82, 2.24) is 14.8 Å². The Morgan fingerprint density at radius 3 is 2.92 bits per heavy atom. The molecule has 0 aliphatic rings. The van der Waals surface area contributed by atoms with Crippen molar-refractivity contribution in [3.63, 3.8) is 0 Å². The molecule has 68 valence electrons. The predicted octanol–water partition coefficient (Wildman–Crippen LogP) is 2.50. The van der Waals surface area contributed by atoms with Crippen LogP contribution in [0.1, 0.15) is 0 Å². The first-order chi connectivity index (χ1) is 6.18. The summed E-state index contributed by atoms with van der Waals surface area (Å²) in [5.74, 6) is 0.702. The SMILES string of the molecule is Cn1[nH]c(-c2ccoc2Br)nc1=S. The smallest absolute Gasteiger partial charge is 0.216 e. The van der Waals surface area contributed by atoms with Gasteiger partial charge >= 0.3 is 0 Å². The fraction of sp³-hybridized carbons (Fsp3) is 0.143. The third-order valence-corrected chi connectivity index (χ3v) is 2.62. The Balaban J connectivity index is 2.59. The molecule has 0 saturated carbocycles. The summed E-state index contributed by atoms with van der Waals surface area (Å²) in [5.41, 5.74) is 0.867. The third kappa shape index (κ3) is 1.47. The van der Waals surface area contributed by atoms with Crippen LogP contribution < -0.4 is 0 Å². The first kappa shape index (κ1) is 8.71. The number of rotatable bonds is 1. The number of nitrogens with one attached hydrogen (secondary N) is 1. The summed E-state index contributed by atoms with van der Waals surface area (Å²) in [4.78, 5) is 4.15. The van der Waals surface area contributed by atoms with Gasteiger partial charge in [0.1, 0.15) is 0 Å². The van der Waals surface area contributed by atoms with Crippen LogP contribution in [0.4, 0.5) is 0 Å². The molecule has 0 atom stereocenters. The van der Waals surface area contributed by atoms with Gasteiger partial charge in [-0.15, -0.1) is 0 Å². The van der Waals surface area contributed by atoms with E-state index in [2.05, 4.69) is 26.0 Å². The minimum atomic E-state index is 0.517. The maximum Gasteiger partial charge on any atom is 0.216 e. The number of H-pyrrole nitrogens is 1. The second-order valence-corrected chi connectivity index (χ2v) is 3.61. The van der Waals surface area contributed by atoms with Crippen molar-refractivity contribution < 1.29 is 4.42 Å². The van der Waals surface area contributed by atoms with Gasteiger partial charge in [0.05, 0.1) is 11.8 Å². The number of halogens is 1. The van der Waals surface area contributed by atoms with Crippen LogP contribution in [0.15, 0.2) is 21.4 Å². The van der Waals surface area contributed by atoms with Crippen LogP contribution in [-0.4, -0.2) is 14.8 Å². The van der Waals surface area contributed by atoms with Crippen LogP contribution in [0.5, 0.6) is 0 Å².